The second-order valence-electron chi connectivity index (χ2n) is 2.94. The lowest BCUT2D eigenvalue weighted by atomic mass is 10.2. The number of nitrogens with one attached hydrogen (secondary N) is 1. The molecule has 0 saturated carbocycles. The number of halogens is 4. The summed E-state index contributed by atoms with van der Waals surface area (Å²) in [5.41, 5.74) is 4.70. The second kappa shape index (κ2) is 4.40. The van der Waals surface area contributed by atoms with E-state index >= 15 is 0 Å². The minimum atomic E-state index is -5.16. The molecule has 1 aromatic rings. The van der Waals surface area contributed by atoms with Crippen molar-refractivity contribution in [2.75, 3.05) is 0 Å². The molecule has 0 saturated heterocycles. The van der Waals surface area contributed by atoms with Crippen LogP contribution in [0.1, 0.15) is 5.56 Å². The molecule has 0 aliphatic carbocycles. The Labute approximate surface area is 92.5 Å². The van der Waals surface area contributed by atoms with Crippen LogP contribution < -0.4 is 10.5 Å². The van der Waals surface area contributed by atoms with Gasteiger partial charge in [0.05, 0.1) is 5.56 Å². The molecule has 0 amide bonds. The third-order valence-electron chi connectivity index (χ3n) is 1.67. The van der Waals surface area contributed by atoms with Crippen molar-refractivity contribution in [1.29, 1.82) is 5.41 Å². The lowest BCUT2D eigenvalue weighted by molar-refractivity contribution is -0.189. The zero-order valence-electron chi connectivity index (χ0n) is 8.14. The van der Waals surface area contributed by atoms with Crippen molar-refractivity contribution in [3.63, 3.8) is 0 Å². The molecule has 1 rings (SSSR count). The van der Waals surface area contributed by atoms with E-state index in [1.807, 2.05) is 0 Å². The lowest BCUT2D eigenvalue weighted by Crippen LogP contribution is -2.28. The maximum absolute atomic E-state index is 13.2. The van der Waals surface area contributed by atoms with Crippen molar-refractivity contribution < 1.29 is 27.1 Å². The molecule has 0 aliphatic rings. The van der Waals surface area contributed by atoms with Crippen LogP contribution in [0.2, 0.25) is 0 Å². The number of nitrogens with two attached hydrogens (primary N) is 1. The largest absolute Gasteiger partial charge is 0.491 e. The van der Waals surface area contributed by atoms with E-state index in [1.54, 1.807) is 0 Å². The van der Waals surface area contributed by atoms with Gasteiger partial charge in [0, 0.05) is 6.07 Å². The Balaban J connectivity index is 2.92. The quantitative estimate of drug-likeness (QED) is 0.275. The number of hydrogen-bond donors (Lipinski definition) is 2. The Hall–Kier alpha value is -2.12. The third-order valence-corrected chi connectivity index (χ3v) is 1.67. The van der Waals surface area contributed by atoms with Crippen molar-refractivity contribution >= 4 is 11.8 Å². The molecule has 0 aromatic heterocycles. The summed E-state index contributed by atoms with van der Waals surface area (Å²) in [7, 11) is 0. The first-order chi connectivity index (χ1) is 7.71. The molecule has 0 fully saturated rings. The highest BCUT2D eigenvalue weighted by atomic mass is 19.4. The maximum atomic E-state index is 13.2. The summed E-state index contributed by atoms with van der Waals surface area (Å²) in [4.78, 5) is 10.4. The molecule has 3 N–H and O–H groups in total. The first-order valence-corrected chi connectivity index (χ1v) is 4.15. The van der Waals surface area contributed by atoms with E-state index in [0.29, 0.717) is 6.07 Å². The van der Waals surface area contributed by atoms with Gasteiger partial charge in [0.1, 0.15) is 17.4 Å². The monoisotopic (exact) mass is 250 g/mol. The van der Waals surface area contributed by atoms with Crippen LogP contribution in [-0.4, -0.2) is 18.0 Å². The Morgan fingerprint density at radius 1 is 1.35 bits per heavy atom. The third kappa shape index (κ3) is 3.16. The van der Waals surface area contributed by atoms with Crippen LogP contribution in [0.4, 0.5) is 17.6 Å². The van der Waals surface area contributed by atoms with Gasteiger partial charge in [-0.05, 0) is 12.1 Å². The number of rotatable bonds is 2. The van der Waals surface area contributed by atoms with E-state index in [0.717, 1.165) is 12.1 Å². The van der Waals surface area contributed by atoms with Crippen LogP contribution in [-0.2, 0) is 4.79 Å². The van der Waals surface area contributed by atoms with Crippen LogP contribution >= 0.6 is 0 Å². The van der Waals surface area contributed by atoms with Crippen LogP contribution in [0, 0.1) is 11.2 Å². The van der Waals surface area contributed by atoms with Gasteiger partial charge >= 0.3 is 12.1 Å². The predicted molar refractivity (Wildman–Crippen MR) is 49.1 cm³/mol. The van der Waals surface area contributed by atoms with E-state index in [4.69, 9.17) is 11.1 Å². The number of alkyl halides is 3. The molecule has 8 heteroatoms. The molecule has 0 spiro atoms. The standard InChI is InChI=1S/C9H6F4N2O2/c10-6-3-4(1-2-5(6)7(14)15)17-8(16)9(11,12)13/h1-3H,(H3,14,15). The van der Waals surface area contributed by atoms with E-state index in [1.165, 1.54) is 0 Å². The van der Waals surface area contributed by atoms with Crippen molar-refractivity contribution in [1.82, 2.24) is 0 Å². The minimum absolute atomic E-state index is 0.295. The van der Waals surface area contributed by atoms with E-state index in [2.05, 4.69) is 4.74 Å². The van der Waals surface area contributed by atoms with Gasteiger partial charge in [-0.25, -0.2) is 9.18 Å². The van der Waals surface area contributed by atoms with Gasteiger partial charge in [-0.1, -0.05) is 0 Å². The fourth-order valence-electron chi connectivity index (χ4n) is 0.943. The topological polar surface area (TPSA) is 76.2 Å². The van der Waals surface area contributed by atoms with E-state index in [9.17, 15) is 22.4 Å². The Morgan fingerprint density at radius 2 is 1.94 bits per heavy atom. The fraction of sp³-hybridized carbons (Fsp3) is 0.111. The summed E-state index contributed by atoms with van der Waals surface area (Å²) in [6.07, 6.45) is -5.16. The molecule has 0 bridgehead atoms. The normalized spacial score (nSPS) is 11.1. The van der Waals surface area contributed by atoms with Gasteiger partial charge in [0.2, 0.25) is 0 Å². The van der Waals surface area contributed by atoms with Gasteiger partial charge in [0.25, 0.3) is 0 Å². The molecule has 92 valence electrons. The Kier molecular flexibility index (Phi) is 3.35. The van der Waals surface area contributed by atoms with Crippen LogP contribution in [0.5, 0.6) is 5.75 Å². The van der Waals surface area contributed by atoms with Crippen LogP contribution in [0.15, 0.2) is 18.2 Å². The zero-order chi connectivity index (χ0) is 13.2. The van der Waals surface area contributed by atoms with Crippen molar-refractivity contribution in [3.8, 4) is 5.75 Å². The average Bonchev–Trinajstić information content (AvgIpc) is 2.15. The van der Waals surface area contributed by atoms with E-state index in [-0.39, 0.29) is 5.56 Å². The maximum Gasteiger partial charge on any atom is 0.491 e. The number of amidine groups is 1. The second-order valence-corrected chi connectivity index (χ2v) is 2.94. The highest BCUT2D eigenvalue weighted by molar-refractivity contribution is 5.95. The fourth-order valence-corrected chi connectivity index (χ4v) is 0.943. The van der Waals surface area contributed by atoms with E-state index < -0.39 is 29.5 Å². The molecule has 0 unspecified atom stereocenters. The number of hydrogen-bond acceptors (Lipinski definition) is 3. The molecular weight excluding hydrogens is 244 g/mol. The van der Waals surface area contributed by atoms with Gasteiger partial charge in [-0.2, -0.15) is 13.2 Å². The highest BCUT2D eigenvalue weighted by Crippen LogP contribution is 2.21. The van der Waals surface area contributed by atoms with Crippen molar-refractivity contribution in [2.24, 2.45) is 5.73 Å². The highest BCUT2D eigenvalue weighted by Gasteiger charge is 2.41. The summed E-state index contributed by atoms with van der Waals surface area (Å²) in [5, 5.41) is 6.94. The SMILES string of the molecule is N=C(N)c1ccc(OC(=O)C(F)(F)F)cc1F. The predicted octanol–water partition coefficient (Wildman–Crippen LogP) is 1.58. The van der Waals surface area contributed by atoms with Gasteiger partial charge in [-0.15, -0.1) is 0 Å². The number of ether oxygens (including phenoxy) is 1. The van der Waals surface area contributed by atoms with Crippen LogP contribution in [0.3, 0.4) is 0 Å². The molecule has 0 atom stereocenters. The lowest BCUT2D eigenvalue weighted by Gasteiger charge is -2.08. The Bertz CT molecular complexity index is 471. The molecule has 17 heavy (non-hydrogen) atoms. The first kappa shape index (κ1) is 12.9. The van der Waals surface area contributed by atoms with Gasteiger partial charge in [0.15, 0.2) is 0 Å². The number of carbonyl (C=O) groups excluding carboxylic acids is 1. The minimum Gasteiger partial charge on any atom is -0.420 e. The summed E-state index contributed by atoms with van der Waals surface area (Å²) in [6, 6.07) is 2.39. The molecular formula is C9H6F4N2O2. The summed E-state index contributed by atoms with van der Waals surface area (Å²) >= 11 is 0. The van der Waals surface area contributed by atoms with Gasteiger partial charge in [-0.3, -0.25) is 5.41 Å². The molecule has 0 aliphatic heterocycles. The number of benzene rings is 1. The van der Waals surface area contributed by atoms with Crippen LogP contribution in [0.25, 0.3) is 0 Å². The molecule has 1 aromatic carbocycles. The van der Waals surface area contributed by atoms with Gasteiger partial charge < -0.3 is 10.5 Å². The first-order valence-electron chi connectivity index (χ1n) is 4.15. The molecule has 0 radical (unpaired) electrons. The number of nitrogen functional groups attached to an aromatic ring is 1. The molecule has 4 nitrogen and oxygen atoms in total. The summed E-state index contributed by atoms with van der Waals surface area (Å²) < 4.78 is 52.5. The van der Waals surface area contributed by atoms with Crippen molar-refractivity contribution in [3.05, 3.63) is 29.6 Å². The average molecular weight is 250 g/mol. The smallest absolute Gasteiger partial charge is 0.420 e. The zero-order valence-corrected chi connectivity index (χ0v) is 8.14. The number of esters is 1. The molecule has 0 heterocycles. The summed E-state index contributed by atoms with van der Waals surface area (Å²) in [6.45, 7) is 0. The summed E-state index contributed by atoms with van der Waals surface area (Å²) in [5.74, 6) is -4.71. The van der Waals surface area contributed by atoms with Crippen molar-refractivity contribution in [2.45, 2.75) is 6.18 Å². The number of carbonyl (C=O) groups is 1. The Morgan fingerprint density at radius 3 is 2.35 bits per heavy atom.